The minimum Gasteiger partial charge on any atom is -0.370 e. The quantitative estimate of drug-likeness (QED) is 0.621. The van der Waals surface area contributed by atoms with Crippen LogP contribution in [0.2, 0.25) is 0 Å². The second-order valence-electron chi connectivity index (χ2n) is 5.47. The van der Waals surface area contributed by atoms with Crippen molar-refractivity contribution in [1.82, 2.24) is 19.6 Å². The number of hydrogen-bond donors (Lipinski definition) is 1. The van der Waals surface area contributed by atoms with Crippen LogP contribution >= 0.6 is 0 Å². The summed E-state index contributed by atoms with van der Waals surface area (Å²) in [5, 5.41) is 8.04. The van der Waals surface area contributed by atoms with E-state index < -0.39 is 0 Å². The lowest BCUT2D eigenvalue weighted by Gasteiger charge is -2.08. The number of rotatable bonds is 4. The largest absolute Gasteiger partial charge is 0.370 e. The highest BCUT2D eigenvalue weighted by atomic mass is 15.3. The van der Waals surface area contributed by atoms with E-state index in [0.717, 1.165) is 40.5 Å². The van der Waals surface area contributed by atoms with Crippen molar-refractivity contribution in [2.45, 2.75) is 6.92 Å². The van der Waals surface area contributed by atoms with Crippen molar-refractivity contribution >= 4 is 11.5 Å². The number of aromatic nitrogens is 4. The minimum atomic E-state index is 0.724. The van der Waals surface area contributed by atoms with Crippen molar-refractivity contribution in [3.05, 3.63) is 67.0 Å². The third-order valence-corrected chi connectivity index (χ3v) is 3.84. The molecule has 0 spiro atoms. The van der Waals surface area contributed by atoms with Crippen LogP contribution < -0.4 is 5.32 Å². The summed E-state index contributed by atoms with van der Waals surface area (Å²) in [5.74, 6) is 1.65. The molecule has 4 aromatic rings. The summed E-state index contributed by atoms with van der Waals surface area (Å²) in [6, 6.07) is 18.2. The molecule has 0 saturated heterocycles. The summed E-state index contributed by atoms with van der Waals surface area (Å²) < 4.78 is 1.86. The molecule has 118 valence electrons. The van der Waals surface area contributed by atoms with Crippen LogP contribution in [0.3, 0.4) is 0 Å². The van der Waals surface area contributed by atoms with Crippen LogP contribution in [0.25, 0.3) is 28.2 Å². The number of nitrogens with zero attached hydrogens (tertiary/aromatic N) is 4. The Morgan fingerprint density at radius 2 is 1.71 bits per heavy atom. The Bertz CT molecular complexity index is 961. The summed E-state index contributed by atoms with van der Waals surface area (Å²) in [5.41, 5.74) is 4.03. The Kier molecular flexibility index (Phi) is 3.67. The smallest absolute Gasteiger partial charge is 0.182 e. The first-order valence-electron chi connectivity index (χ1n) is 7.95. The number of anilines is 1. The zero-order valence-electron chi connectivity index (χ0n) is 13.3. The Balaban J connectivity index is 1.90. The van der Waals surface area contributed by atoms with Gasteiger partial charge in [0.15, 0.2) is 11.5 Å². The third-order valence-electron chi connectivity index (χ3n) is 3.84. The molecule has 4 rings (SSSR count). The van der Waals surface area contributed by atoms with E-state index in [-0.39, 0.29) is 0 Å². The lowest BCUT2D eigenvalue weighted by atomic mass is 10.1. The normalized spacial score (nSPS) is 10.9. The molecule has 0 aliphatic rings. The fourth-order valence-electron chi connectivity index (χ4n) is 2.71. The Morgan fingerprint density at radius 3 is 2.46 bits per heavy atom. The summed E-state index contributed by atoms with van der Waals surface area (Å²) >= 11 is 0. The summed E-state index contributed by atoms with van der Waals surface area (Å²) in [6.45, 7) is 2.88. The predicted octanol–water partition coefficient (Wildman–Crippen LogP) is 3.89. The lowest BCUT2D eigenvalue weighted by molar-refractivity contribution is 0.956. The second-order valence-corrected chi connectivity index (χ2v) is 5.47. The summed E-state index contributed by atoms with van der Waals surface area (Å²) in [4.78, 5) is 8.80. The monoisotopic (exact) mass is 315 g/mol. The molecule has 0 unspecified atom stereocenters. The highest BCUT2D eigenvalue weighted by Gasteiger charge is 2.11. The maximum absolute atomic E-state index is 4.71. The number of nitrogens with one attached hydrogen (secondary N) is 1. The summed E-state index contributed by atoms with van der Waals surface area (Å²) in [7, 11) is 0. The minimum absolute atomic E-state index is 0.724. The Labute approximate surface area is 140 Å². The fourth-order valence-corrected chi connectivity index (χ4v) is 2.71. The van der Waals surface area contributed by atoms with Gasteiger partial charge in [-0.2, -0.15) is 4.52 Å². The van der Waals surface area contributed by atoms with Crippen LogP contribution in [0.5, 0.6) is 0 Å². The van der Waals surface area contributed by atoms with Gasteiger partial charge < -0.3 is 5.32 Å². The molecule has 0 fully saturated rings. The average molecular weight is 315 g/mol. The average Bonchev–Trinajstić information content (AvgIpc) is 3.08. The number of pyridine rings is 2. The number of hydrogen-bond acceptors (Lipinski definition) is 4. The van der Waals surface area contributed by atoms with Gasteiger partial charge in [0.25, 0.3) is 0 Å². The van der Waals surface area contributed by atoms with Gasteiger partial charge in [0.1, 0.15) is 5.82 Å². The van der Waals surface area contributed by atoms with E-state index in [2.05, 4.69) is 34.5 Å². The van der Waals surface area contributed by atoms with Gasteiger partial charge in [0.05, 0.1) is 0 Å². The third kappa shape index (κ3) is 2.60. The molecule has 0 atom stereocenters. The van der Waals surface area contributed by atoms with E-state index in [1.807, 2.05) is 47.0 Å². The Morgan fingerprint density at radius 1 is 0.917 bits per heavy atom. The van der Waals surface area contributed by atoms with E-state index in [1.165, 1.54) is 0 Å². The number of benzene rings is 1. The van der Waals surface area contributed by atoms with Crippen LogP contribution in [0.4, 0.5) is 5.82 Å². The van der Waals surface area contributed by atoms with Crippen molar-refractivity contribution in [2.24, 2.45) is 0 Å². The van der Waals surface area contributed by atoms with Gasteiger partial charge in [-0.25, -0.2) is 4.98 Å². The van der Waals surface area contributed by atoms with Gasteiger partial charge in [-0.05, 0) is 42.3 Å². The van der Waals surface area contributed by atoms with Crippen LogP contribution in [-0.2, 0) is 0 Å². The molecule has 5 heteroatoms. The molecule has 24 heavy (non-hydrogen) atoms. The van der Waals surface area contributed by atoms with E-state index in [4.69, 9.17) is 4.98 Å². The van der Waals surface area contributed by atoms with Gasteiger partial charge >= 0.3 is 0 Å². The molecule has 0 aliphatic heterocycles. The van der Waals surface area contributed by atoms with Crippen molar-refractivity contribution < 1.29 is 0 Å². The molecular weight excluding hydrogens is 298 g/mol. The second kappa shape index (κ2) is 6.12. The topological polar surface area (TPSA) is 55.1 Å². The zero-order chi connectivity index (χ0) is 16.4. The van der Waals surface area contributed by atoms with Crippen LogP contribution in [0, 0.1) is 0 Å². The molecule has 3 aromatic heterocycles. The van der Waals surface area contributed by atoms with Crippen molar-refractivity contribution in [1.29, 1.82) is 0 Å². The molecule has 1 N–H and O–H groups in total. The van der Waals surface area contributed by atoms with Crippen LogP contribution in [-0.4, -0.2) is 26.1 Å². The predicted molar refractivity (Wildman–Crippen MR) is 95.8 cm³/mol. The zero-order valence-corrected chi connectivity index (χ0v) is 13.3. The molecule has 0 aliphatic carbocycles. The van der Waals surface area contributed by atoms with Crippen LogP contribution in [0.1, 0.15) is 6.92 Å². The molecule has 5 nitrogen and oxygen atoms in total. The van der Waals surface area contributed by atoms with Crippen molar-refractivity contribution in [3.63, 3.8) is 0 Å². The molecule has 0 amide bonds. The first-order valence-corrected chi connectivity index (χ1v) is 7.95. The molecule has 1 aromatic carbocycles. The van der Waals surface area contributed by atoms with E-state index >= 15 is 0 Å². The lowest BCUT2D eigenvalue weighted by Crippen LogP contribution is -2.04. The van der Waals surface area contributed by atoms with Gasteiger partial charge in [-0.15, -0.1) is 5.10 Å². The molecule has 0 saturated carbocycles. The maximum Gasteiger partial charge on any atom is 0.182 e. The highest BCUT2D eigenvalue weighted by molar-refractivity contribution is 5.72. The Hall–Kier alpha value is -3.21. The van der Waals surface area contributed by atoms with E-state index in [9.17, 15) is 0 Å². The first kappa shape index (κ1) is 14.4. The van der Waals surface area contributed by atoms with Gasteiger partial charge in [0, 0.05) is 24.5 Å². The number of fused-ring (bicyclic) bond motifs is 1. The fraction of sp³-hybridized carbons (Fsp3) is 0.105. The molecule has 0 bridgehead atoms. The van der Waals surface area contributed by atoms with E-state index in [0.29, 0.717) is 0 Å². The molecule has 3 heterocycles. The first-order chi connectivity index (χ1) is 11.8. The van der Waals surface area contributed by atoms with Gasteiger partial charge in [-0.1, -0.05) is 30.3 Å². The van der Waals surface area contributed by atoms with Gasteiger partial charge in [-0.3, -0.25) is 4.98 Å². The standard InChI is InChI=1S/C19H17N5/c1-2-21-17-12-16(14-8-10-20-11-9-14)13-18-22-19(23-24(17)18)15-6-4-3-5-7-15/h3-13,21H,2H2,1H3. The van der Waals surface area contributed by atoms with Crippen molar-refractivity contribution in [3.8, 4) is 22.5 Å². The van der Waals surface area contributed by atoms with Crippen LogP contribution in [0.15, 0.2) is 67.0 Å². The maximum atomic E-state index is 4.71. The summed E-state index contributed by atoms with van der Waals surface area (Å²) in [6.07, 6.45) is 3.59. The highest BCUT2D eigenvalue weighted by Crippen LogP contribution is 2.26. The SMILES string of the molecule is CCNc1cc(-c2ccncc2)cc2nc(-c3ccccc3)nn12. The molecular formula is C19H17N5. The molecule has 0 radical (unpaired) electrons. The van der Waals surface area contributed by atoms with Gasteiger partial charge in [0.2, 0.25) is 0 Å². The van der Waals surface area contributed by atoms with Crippen molar-refractivity contribution in [2.75, 3.05) is 11.9 Å². The van der Waals surface area contributed by atoms with E-state index in [1.54, 1.807) is 12.4 Å².